The first-order chi connectivity index (χ1) is 19.8. The molecule has 0 aromatic carbocycles. The molecule has 0 saturated heterocycles. The smallest absolute Gasteiger partial charge is 0.0172 e. The maximum atomic E-state index is 2.38. The second-order valence-electron chi connectivity index (χ2n) is 16.3. The summed E-state index contributed by atoms with van der Waals surface area (Å²) in [6.07, 6.45) is 29.0. The number of rotatable bonds is 0. The second kappa shape index (κ2) is 30.2. The van der Waals surface area contributed by atoms with Crippen LogP contribution in [0, 0.1) is 27.1 Å². The van der Waals surface area contributed by atoms with E-state index in [9.17, 15) is 0 Å². The highest BCUT2D eigenvalue weighted by atomic mass is 14.3. The second-order valence-corrected chi connectivity index (χ2v) is 16.3. The lowest BCUT2D eigenvalue weighted by atomic mass is 9.78. The van der Waals surface area contributed by atoms with Crippen LogP contribution < -0.4 is 0 Å². The summed E-state index contributed by atoms with van der Waals surface area (Å²) >= 11 is 0. The van der Waals surface area contributed by atoms with Crippen molar-refractivity contribution in [2.24, 2.45) is 27.1 Å². The Morgan fingerprint density at radius 3 is 0.767 bits per heavy atom. The van der Waals surface area contributed by atoms with E-state index in [2.05, 4.69) is 107 Å². The molecule has 0 aromatic heterocycles. The van der Waals surface area contributed by atoms with Gasteiger partial charge in [-0.15, -0.1) is 0 Å². The lowest BCUT2D eigenvalue weighted by Crippen LogP contribution is -2.14. The Kier molecular flexibility index (Phi) is 36.5. The monoisotopic (exact) mass is 609 g/mol. The summed E-state index contributed by atoms with van der Waals surface area (Å²) in [6.45, 7) is 43.4. The van der Waals surface area contributed by atoms with E-state index in [4.69, 9.17) is 0 Å². The molecule has 0 heterocycles. The summed E-state index contributed by atoms with van der Waals surface area (Å²) in [7, 11) is 0. The summed E-state index contributed by atoms with van der Waals surface area (Å²) in [5.74, 6) is 0. The van der Waals surface area contributed by atoms with Gasteiger partial charge in [-0.3, -0.25) is 0 Å². The molecule has 264 valence electrons. The van der Waals surface area contributed by atoms with Gasteiger partial charge < -0.3 is 0 Å². The van der Waals surface area contributed by atoms with Crippen LogP contribution in [0.15, 0.2) is 24.3 Å². The molecule has 2 fully saturated rings. The van der Waals surface area contributed by atoms with Crippen molar-refractivity contribution in [1.29, 1.82) is 0 Å². The summed E-state index contributed by atoms with van der Waals surface area (Å²) in [4.78, 5) is 0. The molecule has 0 aliphatic heterocycles. The zero-order chi connectivity index (χ0) is 35.2. The molecule has 0 radical (unpaired) electrons. The highest BCUT2D eigenvalue weighted by Crippen LogP contribution is 2.36. The van der Waals surface area contributed by atoms with Crippen molar-refractivity contribution in [2.45, 2.75) is 228 Å². The van der Waals surface area contributed by atoms with Crippen LogP contribution in [0.25, 0.3) is 0 Å². The van der Waals surface area contributed by atoms with Gasteiger partial charge in [-0.2, -0.15) is 0 Å². The molecule has 0 N–H and O–H groups in total. The lowest BCUT2D eigenvalue weighted by molar-refractivity contribution is 0.244. The molecule has 0 heteroatoms. The molecule has 4 aliphatic carbocycles. The molecular formula is C43H92. The molecule has 0 bridgehead atoms. The molecule has 0 nitrogen and oxygen atoms in total. The van der Waals surface area contributed by atoms with Gasteiger partial charge in [0.2, 0.25) is 0 Å². The molecule has 0 atom stereocenters. The van der Waals surface area contributed by atoms with Crippen LogP contribution in [-0.2, 0) is 0 Å². The van der Waals surface area contributed by atoms with E-state index in [0.717, 1.165) is 0 Å². The van der Waals surface area contributed by atoms with Crippen LogP contribution in [0.2, 0.25) is 0 Å². The molecule has 0 aromatic rings. The molecule has 0 unspecified atom stereocenters. The van der Waals surface area contributed by atoms with Gasteiger partial charge in [0.15, 0.2) is 0 Å². The van der Waals surface area contributed by atoms with Crippen LogP contribution in [0.4, 0.5) is 0 Å². The Labute approximate surface area is 279 Å². The molecule has 2 saturated carbocycles. The van der Waals surface area contributed by atoms with E-state index >= 15 is 0 Å². The largest absolute Gasteiger partial charge is 0.0880 e. The molecule has 4 rings (SSSR count). The SMILES string of the molecule is CC.CC.CC.CC.CC(C)(C)C.CC1(C)C=CCC1.CC1(C)C=CCCC1.CC1(C)CCCC1.CC1(C)CCCCC1. The molecule has 0 spiro atoms. The van der Waals surface area contributed by atoms with Crippen molar-refractivity contribution in [3.05, 3.63) is 24.3 Å². The fourth-order valence-electron chi connectivity index (χ4n) is 4.94. The van der Waals surface area contributed by atoms with Gasteiger partial charge in [0.25, 0.3) is 0 Å². The number of hydrogen-bond acceptors (Lipinski definition) is 0. The maximum Gasteiger partial charge on any atom is -0.0172 e. The highest BCUT2D eigenvalue weighted by molar-refractivity contribution is 5.01. The first-order valence-corrected chi connectivity index (χ1v) is 19.2. The zero-order valence-corrected chi connectivity index (χ0v) is 34.7. The zero-order valence-electron chi connectivity index (χ0n) is 34.7. The first-order valence-electron chi connectivity index (χ1n) is 19.2. The van der Waals surface area contributed by atoms with Crippen molar-refractivity contribution in [2.75, 3.05) is 0 Å². The summed E-state index contributed by atoms with van der Waals surface area (Å²) in [6, 6.07) is 0. The van der Waals surface area contributed by atoms with Gasteiger partial charge in [0.1, 0.15) is 0 Å². The van der Waals surface area contributed by atoms with E-state index in [1.54, 1.807) is 0 Å². The predicted octanol–water partition coefficient (Wildman–Crippen LogP) is 16.8. The summed E-state index contributed by atoms with van der Waals surface area (Å²) in [5, 5.41) is 0. The van der Waals surface area contributed by atoms with Crippen molar-refractivity contribution in [3.8, 4) is 0 Å². The van der Waals surface area contributed by atoms with Gasteiger partial charge in [0, 0.05) is 0 Å². The minimum Gasteiger partial charge on any atom is -0.0880 e. The third kappa shape index (κ3) is 46.0. The van der Waals surface area contributed by atoms with E-state index in [-0.39, 0.29) is 0 Å². The van der Waals surface area contributed by atoms with Gasteiger partial charge in [-0.25, -0.2) is 0 Å². The van der Waals surface area contributed by atoms with Crippen LogP contribution in [-0.4, -0.2) is 0 Å². The molecule has 0 amide bonds. The maximum absolute atomic E-state index is 2.38. The predicted molar refractivity (Wildman–Crippen MR) is 209 cm³/mol. The lowest BCUT2D eigenvalue weighted by Gasteiger charge is -2.28. The first kappa shape index (κ1) is 52.0. The molecule has 4 aliphatic rings. The Morgan fingerprint density at radius 1 is 0.372 bits per heavy atom. The fourth-order valence-corrected chi connectivity index (χ4v) is 4.94. The van der Waals surface area contributed by atoms with Crippen LogP contribution >= 0.6 is 0 Å². The number of hydrogen-bond donors (Lipinski definition) is 0. The quantitative estimate of drug-likeness (QED) is 0.240. The third-order valence-corrected chi connectivity index (χ3v) is 7.45. The Balaban J connectivity index is -0.000000133. The minimum absolute atomic E-state index is 0.498. The standard InChI is InChI=1S/C8H16.C8H14.C7H14.C7H12.C5H12.4C2H6/c2*1-8(2)6-4-3-5-7-8;2*1-7(2)5-3-4-6-7;1-5(2,3)4;4*1-2/h3-7H2,1-2H3;4,6H,3,5,7H2,1-2H3;3-6H2,1-2H3;3,5H,4,6H2,1-2H3;1-4H3;4*1-2H3. The average Bonchev–Trinajstić information content (AvgIpc) is 3.54. The Hall–Kier alpha value is -0.520. The van der Waals surface area contributed by atoms with Gasteiger partial charge in [-0.1, -0.05) is 195 Å². The topological polar surface area (TPSA) is 0 Å². The normalized spacial score (nSPS) is 20.7. The van der Waals surface area contributed by atoms with Gasteiger partial charge >= 0.3 is 0 Å². The van der Waals surface area contributed by atoms with Crippen LogP contribution in [0.3, 0.4) is 0 Å². The van der Waals surface area contributed by atoms with Crippen molar-refractivity contribution in [1.82, 2.24) is 0 Å². The Morgan fingerprint density at radius 2 is 0.651 bits per heavy atom. The summed E-state index contributed by atoms with van der Waals surface area (Å²) < 4.78 is 0. The van der Waals surface area contributed by atoms with E-state index in [1.165, 1.54) is 89.9 Å². The minimum atomic E-state index is 0.498. The summed E-state index contributed by atoms with van der Waals surface area (Å²) in [5.41, 5.74) is 2.89. The van der Waals surface area contributed by atoms with Crippen molar-refractivity contribution in [3.63, 3.8) is 0 Å². The number of allylic oxidation sites excluding steroid dienone is 4. The van der Waals surface area contributed by atoms with Crippen molar-refractivity contribution >= 4 is 0 Å². The fraction of sp³-hybridized carbons (Fsp3) is 0.907. The third-order valence-electron chi connectivity index (χ3n) is 7.45. The highest BCUT2D eigenvalue weighted by Gasteiger charge is 2.22. The van der Waals surface area contributed by atoms with E-state index < -0.39 is 0 Å². The van der Waals surface area contributed by atoms with E-state index in [1.807, 2.05) is 55.4 Å². The molecular weight excluding hydrogens is 516 g/mol. The van der Waals surface area contributed by atoms with Gasteiger partial charge in [0.05, 0.1) is 0 Å². The van der Waals surface area contributed by atoms with E-state index in [0.29, 0.717) is 27.1 Å². The average molecular weight is 609 g/mol. The van der Waals surface area contributed by atoms with Crippen LogP contribution in [0.1, 0.15) is 228 Å². The van der Waals surface area contributed by atoms with Gasteiger partial charge in [-0.05, 0) is 84.9 Å². The van der Waals surface area contributed by atoms with Crippen molar-refractivity contribution < 1.29 is 0 Å². The molecule has 43 heavy (non-hydrogen) atoms. The van der Waals surface area contributed by atoms with Crippen LogP contribution in [0.5, 0.6) is 0 Å². The Bertz CT molecular complexity index is 566.